The highest BCUT2D eigenvalue weighted by Gasteiger charge is 2.23. The lowest BCUT2D eigenvalue weighted by Gasteiger charge is -2.42. The van der Waals surface area contributed by atoms with Gasteiger partial charge >= 0.3 is 0 Å². The molecule has 2 rings (SSSR count). The Hall–Kier alpha value is -0.670. The third kappa shape index (κ3) is 3.16. The Labute approximate surface area is 97.3 Å². The van der Waals surface area contributed by atoms with Gasteiger partial charge in [-0.15, -0.1) is 0 Å². The van der Waals surface area contributed by atoms with Crippen molar-refractivity contribution in [3.8, 4) is 0 Å². The van der Waals surface area contributed by atoms with Crippen molar-refractivity contribution in [2.45, 2.75) is 0 Å². The summed E-state index contributed by atoms with van der Waals surface area (Å²) in [6.07, 6.45) is 0. The largest absolute Gasteiger partial charge is 0.379 e. The van der Waals surface area contributed by atoms with Crippen molar-refractivity contribution in [2.75, 3.05) is 65.6 Å². The van der Waals surface area contributed by atoms with E-state index in [4.69, 9.17) is 11.3 Å². The minimum atomic E-state index is 0.636. The standard InChI is InChI=1S/C11H20N4O/c1-12-2-3-13-4-6-14(7-5-13)15-8-10-16-11-9-15/h2-11H2. The third-order valence-electron chi connectivity index (χ3n) is 3.26. The maximum Gasteiger partial charge on any atom is 0.227 e. The molecule has 0 atom stereocenters. The second-order valence-electron chi connectivity index (χ2n) is 4.24. The molecule has 2 aliphatic heterocycles. The van der Waals surface area contributed by atoms with E-state index in [0.717, 1.165) is 59.0 Å². The van der Waals surface area contributed by atoms with Crippen LogP contribution in [-0.2, 0) is 4.74 Å². The van der Waals surface area contributed by atoms with Gasteiger partial charge in [0.25, 0.3) is 0 Å². The summed E-state index contributed by atoms with van der Waals surface area (Å²) in [5.74, 6) is 0. The molecule has 0 saturated carbocycles. The van der Waals surface area contributed by atoms with Crippen molar-refractivity contribution in [3.05, 3.63) is 11.4 Å². The van der Waals surface area contributed by atoms with E-state index < -0.39 is 0 Å². The Kier molecular flexibility index (Phi) is 4.55. The van der Waals surface area contributed by atoms with Gasteiger partial charge in [0, 0.05) is 39.3 Å². The molecule has 2 aliphatic rings. The predicted molar refractivity (Wildman–Crippen MR) is 61.9 cm³/mol. The highest BCUT2D eigenvalue weighted by Crippen LogP contribution is 2.07. The van der Waals surface area contributed by atoms with Crippen LogP contribution in [0.1, 0.15) is 0 Å². The summed E-state index contributed by atoms with van der Waals surface area (Å²) < 4.78 is 5.35. The second kappa shape index (κ2) is 6.16. The Balaban J connectivity index is 1.70. The molecule has 0 spiro atoms. The van der Waals surface area contributed by atoms with Crippen molar-refractivity contribution in [3.63, 3.8) is 0 Å². The van der Waals surface area contributed by atoms with Gasteiger partial charge in [-0.2, -0.15) is 0 Å². The van der Waals surface area contributed by atoms with Gasteiger partial charge in [-0.25, -0.2) is 16.6 Å². The minimum absolute atomic E-state index is 0.636. The van der Waals surface area contributed by atoms with Gasteiger partial charge in [-0.3, -0.25) is 4.90 Å². The van der Waals surface area contributed by atoms with Gasteiger partial charge in [0.05, 0.1) is 19.8 Å². The van der Waals surface area contributed by atoms with Crippen LogP contribution in [0.3, 0.4) is 0 Å². The fourth-order valence-electron chi connectivity index (χ4n) is 2.27. The third-order valence-corrected chi connectivity index (χ3v) is 3.26. The van der Waals surface area contributed by atoms with Crippen LogP contribution in [0.2, 0.25) is 0 Å². The molecule has 16 heavy (non-hydrogen) atoms. The zero-order valence-corrected chi connectivity index (χ0v) is 9.77. The van der Waals surface area contributed by atoms with Crippen molar-refractivity contribution in [1.29, 1.82) is 0 Å². The number of morpholine rings is 1. The Bertz CT molecular complexity index is 239. The van der Waals surface area contributed by atoms with Crippen LogP contribution in [0.4, 0.5) is 0 Å². The molecule has 2 saturated heterocycles. The summed E-state index contributed by atoms with van der Waals surface area (Å²) in [5, 5.41) is 4.85. The molecule has 2 fully saturated rings. The Morgan fingerprint density at radius 2 is 1.56 bits per heavy atom. The van der Waals surface area contributed by atoms with Crippen molar-refractivity contribution in [2.24, 2.45) is 0 Å². The summed E-state index contributed by atoms with van der Waals surface area (Å²) in [6, 6.07) is 0. The van der Waals surface area contributed by atoms with Crippen LogP contribution in [0.5, 0.6) is 0 Å². The number of hydrogen-bond donors (Lipinski definition) is 0. The topological polar surface area (TPSA) is 23.3 Å². The number of piperazine rings is 1. The molecule has 0 amide bonds. The van der Waals surface area contributed by atoms with E-state index in [1.165, 1.54) is 0 Å². The smallest absolute Gasteiger partial charge is 0.227 e. The highest BCUT2D eigenvalue weighted by atomic mass is 16.5. The summed E-state index contributed by atoms with van der Waals surface area (Å²) in [7, 11) is 0. The van der Waals surface area contributed by atoms with Gasteiger partial charge in [0.1, 0.15) is 0 Å². The average Bonchev–Trinajstić information content (AvgIpc) is 2.38. The highest BCUT2D eigenvalue weighted by molar-refractivity contribution is 4.74. The van der Waals surface area contributed by atoms with Crippen molar-refractivity contribution < 1.29 is 4.74 Å². The average molecular weight is 224 g/mol. The Morgan fingerprint density at radius 1 is 0.938 bits per heavy atom. The lowest BCUT2D eigenvalue weighted by Crippen LogP contribution is -2.56. The first-order chi connectivity index (χ1) is 7.90. The van der Waals surface area contributed by atoms with Gasteiger partial charge < -0.3 is 9.58 Å². The van der Waals surface area contributed by atoms with Crippen molar-refractivity contribution in [1.82, 2.24) is 14.9 Å². The fourth-order valence-corrected chi connectivity index (χ4v) is 2.27. The van der Waals surface area contributed by atoms with E-state index in [1.807, 2.05) is 0 Å². The molecule has 0 N–H and O–H groups in total. The van der Waals surface area contributed by atoms with Gasteiger partial charge in [0.2, 0.25) is 6.54 Å². The van der Waals surface area contributed by atoms with E-state index >= 15 is 0 Å². The van der Waals surface area contributed by atoms with Gasteiger partial charge in [-0.05, 0) is 0 Å². The van der Waals surface area contributed by atoms with E-state index in [1.54, 1.807) is 0 Å². The zero-order chi connectivity index (χ0) is 11.2. The monoisotopic (exact) mass is 224 g/mol. The van der Waals surface area contributed by atoms with E-state index in [9.17, 15) is 0 Å². The fraction of sp³-hybridized carbons (Fsp3) is 0.909. The summed E-state index contributed by atoms with van der Waals surface area (Å²) in [4.78, 5) is 5.79. The van der Waals surface area contributed by atoms with E-state index in [-0.39, 0.29) is 0 Å². The van der Waals surface area contributed by atoms with Crippen LogP contribution in [0.25, 0.3) is 4.85 Å². The van der Waals surface area contributed by atoms with Gasteiger partial charge in [-0.1, -0.05) is 0 Å². The number of hydrogen-bond acceptors (Lipinski definition) is 4. The number of nitrogens with zero attached hydrogens (tertiary/aromatic N) is 4. The predicted octanol–water partition coefficient (Wildman–Crippen LogP) is -0.230. The summed E-state index contributed by atoms with van der Waals surface area (Å²) in [5.41, 5.74) is 0. The quantitative estimate of drug-likeness (QED) is 0.618. The van der Waals surface area contributed by atoms with Crippen LogP contribution in [0, 0.1) is 6.57 Å². The molecule has 2 heterocycles. The van der Waals surface area contributed by atoms with Crippen LogP contribution >= 0.6 is 0 Å². The lowest BCUT2D eigenvalue weighted by atomic mass is 10.3. The number of ether oxygens (including phenoxy) is 1. The van der Waals surface area contributed by atoms with Crippen LogP contribution in [0.15, 0.2) is 0 Å². The SMILES string of the molecule is [C-]#[N+]CCN1CCN(N2CCOCC2)CC1. The van der Waals surface area contributed by atoms with Crippen molar-refractivity contribution >= 4 is 0 Å². The number of rotatable bonds is 3. The molecule has 0 aromatic rings. The molecular formula is C11H20N4O. The normalized spacial score (nSPS) is 25.4. The molecule has 0 aliphatic carbocycles. The molecule has 5 nitrogen and oxygen atoms in total. The van der Waals surface area contributed by atoms with Crippen LogP contribution in [-0.4, -0.2) is 80.5 Å². The molecular weight excluding hydrogens is 204 g/mol. The van der Waals surface area contributed by atoms with E-state index in [2.05, 4.69) is 19.8 Å². The molecule has 5 heteroatoms. The first-order valence-corrected chi connectivity index (χ1v) is 6.03. The summed E-state index contributed by atoms with van der Waals surface area (Å²) >= 11 is 0. The number of hydrazine groups is 1. The van der Waals surface area contributed by atoms with E-state index in [0.29, 0.717) is 6.54 Å². The van der Waals surface area contributed by atoms with Crippen LogP contribution < -0.4 is 0 Å². The lowest BCUT2D eigenvalue weighted by molar-refractivity contribution is -0.107. The minimum Gasteiger partial charge on any atom is -0.379 e. The first-order valence-electron chi connectivity index (χ1n) is 6.03. The Morgan fingerprint density at radius 3 is 2.19 bits per heavy atom. The molecule has 0 unspecified atom stereocenters. The first kappa shape index (κ1) is 11.8. The second-order valence-corrected chi connectivity index (χ2v) is 4.24. The van der Waals surface area contributed by atoms with Gasteiger partial charge in [0.15, 0.2) is 0 Å². The molecule has 90 valence electrons. The molecule has 0 aromatic heterocycles. The molecule has 0 aromatic carbocycles. The molecule has 0 radical (unpaired) electrons. The maximum atomic E-state index is 6.79. The zero-order valence-electron chi connectivity index (χ0n) is 9.77. The summed E-state index contributed by atoms with van der Waals surface area (Å²) in [6.45, 7) is 16.5. The molecule has 0 bridgehead atoms. The maximum absolute atomic E-state index is 6.79.